The number of aromatic nitrogens is 1. The van der Waals surface area contributed by atoms with Gasteiger partial charge >= 0.3 is 0 Å². The lowest BCUT2D eigenvalue weighted by Gasteiger charge is -2.19. The van der Waals surface area contributed by atoms with Gasteiger partial charge in [-0.05, 0) is 56.3 Å². The van der Waals surface area contributed by atoms with Crippen LogP contribution in [0.4, 0.5) is 5.69 Å². The molecular weight excluding hydrogens is 402 g/mol. The lowest BCUT2D eigenvalue weighted by Crippen LogP contribution is -2.30. The predicted molar refractivity (Wildman–Crippen MR) is 128 cm³/mol. The summed E-state index contributed by atoms with van der Waals surface area (Å²) in [6.07, 6.45) is 0. The molecule has 6 nitrogen and oxygen atoms in total. The molecular formula is C26H25N3O3. The molecule has 0 unspecified atom stereocenters. The van der Waals surface area contributed by atoms with Gasteiger partial charge in [0.25, 0.3) is 5.91 Å². The Morgan fingerprint density at radius 2 is 1.44 bits per heavy atom. The highest BCUT2D eigenvalue weighted by Gasteiger charge is 2.15. The van der Waals surface area contributed by atoms with Crippen LogP contribution in [0.5, 0.6) is 0 Å². The summed E-state index contributed by atoms with van der Waals surface area (Å²) >= 11 is 0. The second-order valence-corrected chi connectivity index (χ2v) is 7.56. The van der Waals surface area contributed by atoms with Crippen molar-refractivity contribution in [2.45, 2.75) is 20.4 Å². The Hall–Kier alpha value is -3.93. The molecule has 0 aliphatic heterocycles. The summed E-state index contributed by atoms with van der Waals surface area (Å²) in [7, 11) is 0. The monoisotopic (exact) mass is 427 g/mol. The largest absolute Gasteiger partial charge is 0.339 e. The van der Waals surface area contributed by atoms with Gasteiger partial charge < -0.3 is 14.8 Å². The van der Waals surface area contributed by atoms with E-state index in [9.17, 15) is 14.4 Å². The molecule has 0 spiro atoms. The van der Waals surface area contributed by atoms with E-state index in [1.54, 1.807) is 41.3 Å². The normalized spacial score (nSPS) is 10.9. The van der Waals surface area contributed by atoms with Gasteiger partial charge in [0.05, 0.1) is 11.0 Å². The number of anilines is 1. The van der Waals surface area contributed by atoms with E-state index in [4.69, 9.17) is 0 Å². The van der Waals surface area contributed by atoms with Crippen LogP contribution in [0.1, 0.15) is 24.2 Å². The molecule has 0 bridgehead atoms. The van der Waals surface area contributed by atoms with Gasteiger partial charge in [0, 0.05) is 35.1 Å². The number of nitrogens with zero attached hydrogens (tertiary/aromatic N) is 2. The topological polar surface area (TPSA) is 71.4 Å². The maximum atomic E-state index is 13.0. The maximum absolute atomic E-state index is 13.0. The maximum Gasteiger partial charge on any atom is 0.253 e. The van der Waals surface area contributed by atoms with Crippen molar-refractivity contribution in [1.82, 2.24) is 9.47 Å². The first-order chi connectivity index (χ1) is 15.5. The molecule has 0 saturated carbocycles. The minimum Gasteiger partial charge on any atom is -0.339 e. The Morgan fingerprint density at radius 3 is 2.03 bits per heavy atom. The van der Waals surface area contributed by atoms with Crippen LogP contribution in [0, 0.1) is 0 Å². The summed E-state index contributed by atoms with van der Waals surface area (Å²) in [5.74, 6) is -0.306. The van der Waals surface area contributed by atoms with E-state index in [0.29, 0.717) is 46.1 Å². The molecule has 0 fully saturated rings. The number of carbonyl (C=O) groups is 2. The number of para-hydroxylation sites is 2. The molecule has 0 atom stereocenters. The molecule has 0 aliphatic carbocycles. The van der Waals surface area contributed by atoms with Gasteiger partial charge in [0.2, 0.25) is 5.91 Å². The molecule has 3 aromatic carbocycles. The van der Waals surface area contributed by atoms with Crippen molar-refractivity contribution < 1.29 is 9.59 Å². The summed E-state index contributed by atoms with van der Waals surface area (Å²) in [6.45, 7) is 5.16. The molecule has 32 heavy (non-hydrogen) atoms. The van der Waals surface area contributed by atoms with Gasteiger partial charge in [-0.2, -0.15) is 0 Å². The van der Waals surface area contributed by atoms with Crippen molar-refractivity contribution in [3.63, 3.8) is 0 Å². The Labute approximate surface area is 186 Å². The average molecular weight is 428 g/mol. The van der Waals surface area contributed by atoms with Gasteiger partial charge in [0.15, 0.2) is 5.43 Å². The minimum atomic E-state index is -0.239. The summed E-state index contributed by atoms with van der Waals surface area (Å²) in [5.41, 5.74) is 2.46. The fourth-order valence-corrected chi connectivity index (χ4v) is 4.01. The number of amides is 2. The molecule has 1 aromatic heterocycles. The second-order valence-electron chi connectivity index (χ2n) is 7.56. The van der Waals surface area contributed by atoms with Gasteiger partial charge in [-0.15, -0.1) is 0 Å². The fraction of sp³-hybridized carbons (Fsp3) is 0.192. The van der Waals surface area contributed by atoms with Crippen LogP contribution >= 0.6 is 0 Å². The van der Waals surface area contributed by atoms with Crippen LogP contribution in [0.15, 0.2) is 77.6 Å². The Kier molecular flexibility index (Phi) is 6.03. The van der Waals surface area contributed by atoms with Crippen molar-refractivity contribution in [3.05, 3.63) is 88.6 Å². The molecule has 4 rings (SSSR count). The van der Waals surface area contributed by atoms with E-state index in [-0.39, 0.29) is 23.8 Å². The molecule has 162 valence electrons. The molecule has 1 N–H and O–H groups in total. The number of pyridine rings is 1. The fourth-order valence-electron chi connectivity index (χ4n) is 4.01. The lowest BCUT2D eigenvalue weighted by atomic mass is 10.1. The Morgan fingerprint density at radius 1 is 0.844 bits per heavy atom. The van der Waals surface area contributed by atoms with Crippen molar-refractivity contribution in [2.75, 3.05) is 18.4 Å². The molecule has 0 saturated heterocycles. The molecule has 0 radical (unpaired) electrons. The zero-order chi connectivity index (χ0) is 22.7. The summed E-state index contributed by atoms with van der Waals surface area (Å²) in [5, 5.41) is 4.05. The lowest BCUT2D eigenvalue weighted by molar-refractivity contribution is -0.116. The van der Waals surface area contributed by atoms with Crippen molar-refractivity contribution in [3.8, 4) is 0 Å². The number of carbonyl (C=O) groups excluding carboxylic acids is 2. The van der Waals surface area contributed by atoms with E-state index in [2.05, 4.69) is 5.32 Å². The third kappa shape index (κ3) is 3.99. The average Bonchev–Trinajstić information content (AvgIpc) is 2.82. The van der Waals surface area contributed by atoms with E-state index in [1.165, 1.54) is 0 Å². The first kappa shape index (κ1) is 21.3. The van der Waals surface area contributed by atoms with Gasteiger partial charge in [-0.25, -0.2) is 0 Å². The molecule has 4 aromatic rings. The van der Waals surface area contributed by atoms with Crippen molar-refractivity contribution >= 4 is 39.3 Å². The summed E-state index contributed by atoms with van der Waals surface area (Å²) < 4.78 is 1.85. The zero-order valence-corrected chi connectivity index (χ0v) is 18.2. The zero-order valence-electron chi connectivity index (χ0n) is 18.2. The van der Waals surface area contributed by atoms with Gasteiger partial charge in [-0.3, -0.25) is 14.4 Å². The molecule has 6 heteroatoms. The van der Waals surface area contributed by atoms with Crippen LogP contribution < -0.4 is 10.7 Å². The van der Waals surface area contributed by atoms with E-state index >= 15 is 0 Å². The number of hydrogen-bond acceptors (Lipinski definition) is 3. The summed E-state index contributed by atoms with van der Waals surface area (Å²) in [4.78, 5) is 40.2. The van der Waals surface area contributed by atoms with E-state index < -0.39 is 0 Å². The van der Waals surface area contributed by atoms with E-state index in [0.717, 1.165) is 0 Å². The van der Waals surface area contributed by atoms with Crippen LogP contribution in [0.3, 0.4) is 0 Å². The molecule has 0 aliphatic rings. The van der Waals surface area contributed by atoms with Gasteiger partial charge in [-0.1, -0.05) is 30.3 Å². The molecule has 1 heterocycles. The standard InChI is InChI=1S/C26H25N3O3/c1-3-28(4-2)26(32)18-10-9-11-19(16-18)27-24(30)17-29-22-14-7-5-12-20(22)25(31)21-13-6-8-15-23(21)29/h5-16H,3-4,17H2,1-2H3,(H,27,30). The first-order valence-electron chi connectivity index (χ1n) is 10.7. The highest BCUT2D eigenvalue weighted by atomic mass is 16.2. The number of hydrogen-bond donors (Lipinski definition) is 1. The minimum absolute atomic E-state index is 0.0372. The quantitative estimate of drug-likeness (QED) is 0.467. The van der Waals surface area contributed by atoms with Crippen molar-refractivity contribution in [2.24, 2.45) is 0 Å². The Balaban J connectivity index is 1.66. The third-order valence-electron chi connectivity index (χ3n) is 5.62. The van der Waals surface area contributed by atoms with Gasteiger partial charge in [0.1, 0.15) is 6.54 Å². The predicted octanol–water partition coefficient (Wildman–Crippen LogP) is 4.28. The van der Waals surface area contributed by atoms with E-state index in [1.807, 2.05) is 54.8 Å². The smallest absolute Gasteiger partial charge is 0.253 e. The third-order valence-corrected chi connectivity index (χ3v) is 5.62. The number of benzene rings is 3. The Bertz CT molecular complexity index is 1310. The first-order valence-corrected chi connectivity index (χ1v) is 10.7. The number of rotatable bonds is 6. The molecule has 2 amide bonds. The second kappa shape index (κ2) is 9.06. The summed E-state index contributed by atoms with van der Waals surface area (Å²) in [6, 6.07) is 21.6. The SMILES string of the molecule is CCN(CC)C(=O)c1cccc(NC(=O)Cn2c3ccccc3c(=O)c3ccccc32)c1. The highest BCUT2D eigenvalue weighted by Crippen LogP contribution is 2.20. The highest BCUT2D eigenvalue weighted by molar-refractivity contribution is 5.99. The van der Waals surface area contributed by atoms with Crippen LogP contribution in [0.2, 0.25) is 0 Å². The van der Waals surface area contributed by atoms with Crippen molar-refractivity contribution in [1.29, 1.82) is 0 Å². The number of fused-ring (bicyclic) bond motifs is 2. The number of nitrogens with one attached hydrogen (secondary N) is 1. The van der Waals surface area contributed by atoms with Crippen LogP contribution in [0.25, 0.3) is 21.8 Å². The van der Waals surface area contributed by atoms with Crippen LogP contribution in [-0.2, 0) is 11.3 Å². The van der Waals surface area contributed by atoms with Crippen LogP contribution in [-0.4, -0.2) is 34.4 Å².